The Morgan fingerprint density at radius 2 is 1.85 bits per heavy atom. The summed E-state index contributed by atoms with van der Waals surface area (Å²) >= 11 is 0. The summed E-state index contributed by atoms with van der Waals surface area (Å²) in [6.07, 6.45) is 3.25. The van der Waals surface area contributed by atoms with Crippen LogP contribution in [0.5, 0.6) is 0 Å². The average molecular weight is 357 g/mol. The van der Waals surface area contributed by atoms with Crippen molar-refractivity contribution in [2.24, 2.45) is 0 Å². The van der Waals surface area contributed by atoms with E-state index in [0.29, 0.717) is 5.69 Å². The molecule has 8 heteroatoms. The molecule has 0 aliphatic heterocycles. The summed E-state index contributed by atoms with van der Waals surface area (Å²) in [6.45, 7) is 1.66. The van der Waals surface area contributed by atoms with Gasteiger partial charge in [0.1, 0.15) is 17.5 Å². The average Bonchev–Trinajstić information content (AvgIpc) is 2.65. The first kappa shape index (κ1) is 17.7. The van der Waals surface area contributed by atoms with Gasteiger partial charge in [-0.05, 0) is 31.2 Å². The first-order chi connectivity index (χ1) is 12.5. The third-order valence-corrected chi connectivity index (χ3v) is 3.54. The molecule has 0 bridgehead atoms. The Kier molecular flexibility index (Phi) is 5.33. The van der Waals surface area contributed by atoms with Crippen LogP contribution in [0.4, 0.5) is 26.2 Å². The topological polar surface area (TPSA) is 83.0 Å². The number of pyridine rings is 1. The second-order valence-corrected chi connectivity index (χ2v) is 5.68. The van der Waals surface area contributed by atoms with E-state index < -0.39 is 11.6 Å². The third kappa shape index (κ3) is 4.28. The molecule has 0 saturated carbocycles. The number of benzene rings is 1. The zero-order valence-electron chi connectivity index (χ0n) is 13.9. The number of hydrogen-bond donors (Lipinski definition) is 3. The van der Waals surface area contributed by atoms with E-state index >= 15 is 0 Å². The van der Waals surface area contributed by atoms with Crippen molar-refractivity contribution < 1.29 is 13.9 Å². The van der Waals surface area contributed by atoms with Crippen molar-refractivity contribution in [2.45, 2.75) is 13.0 Å². The minimum absolute atomic E-state index is 0.0365. The molecule has 3 aromatic rings. The Balaban J connectivity index is 2.00. The van der Waals surface area contributed by atoms with Crippen LogP contribution in [-0.4, -0.2) is 32.7 Å². The molecule has 2 aromatic heterocycles. The molecule has 0 amide bonds. The van der Waals surface area contributed by atoms with Gasteiger partial charge in [0.15, 0.2) is 0 Å². The third-order valence-electron chi connectivity index (χ3n) is 3.54. The lowest BCUT2D eigenvalue weighted by Crippen LogP contribution is -2.21. The van der Waals surface area contributed by atoms with Gasteiger partial charge < -0.3 is 15.7 Å². The summed E-state index contributed by atoms with van der Waals surface area (Å²) < 4.78 is 27.3. The predicted molar refractivity (Wildman–Crippen MR) is 95.1 cm³/mol. The second kappa shape index (κ2) is 7.83. The molecular weight excluding hydrogens is 340 g/mol. The number of halogens is 2. The molecule has 0 aliphatic rings. The van der Waals surface area contributed by atoms with Crippen molar-refractivity contribution in [1.29, 1.82) is 0 Å². The number of nitrogens with one attached hydrogen (secondary N) is 2. The van der Waals surface area contributed by atoms with Gasteiger partial charge in [-0.2, -0.15) is 4.98 Å². The van der Waals surface area contributed by atoms with Crippen molar-refractivity contribution >= 4 is 17.5 Å². The standard InChI is InChI=1S/C18H17F2N5O/c1-11(10-26)22-18-24-15(12-4-6-21-7-5-12)9-17(25-18)23-16-8-13(19)2-3-14(16)20/h2-9,11,26H,10H2,1H3,(H2,22,23,24,25)/t11-/m0/s1. The van der Waals surface area contributed by atoms with Crippen LogP contribution in [0, 0.1) is 11.6 Å². The monoisotopic (exact) mass is 357 g/mol. The zero-order chi connectivity index (χ0) is 18.5. The normalized spacial score (nSPS) is 11.8. The largest absolute Gasteiger partial charge is 0.394 e. The Bertz CT molecular complexity index is 892. The highest BCUT2D eigenvalue weighted by atomic mass is 19.1. The molecule has 1 aromatic carbocycles. The molecule has 0 saturated heterocycles. The van der Waals surface area contributed by atoms with Gasteiger partial charge in [-0.15, -0.1) is 0 Å². The van der Waals surface area contributed by atoms with Gasteiger partial charge in [-0.1, -0.05) is 0 Å². The van der Waals surface area contributed by atoms with Crippen LogP contribution in [0.1, 0.15) is 6.92 Å². The van der Waals surface area contributed by atoms with Gasteiger partial charge in [0.2, 0.25) is 5.95 Å². The SMILES string of the molecule is C[C@@H](CO)Nc1nc(Nc2cc(F)ccc2F)cc(-c2ccncc2)n1. The number of nitrogens with zero attached hydrogens (tertiary/aromatic N) is 3. The van der Waals surface area contributed by atoms with E-state index in [9.17, 15) is 13.9 Å². The van der Waals surface area contributed by atoms with E-state index in [1.165, 1.54) is 0 Å². The van der Waals surface area contributed by atoms with Crippen LogP contribution in [0.2, 0.25) is 0 Å². The maximum absolute atomic E-state index is 13.9. The van der Waals surface area contributed by atoms with Gasteiger partial charge >= 0.3 is 0 Å². The molecule has 134 valence electrons. The zero-order valence-corrected chi connectivity index (χ0v) is 13.9. The minimum Gasteiger partial charge on any atom is -0.394 e. The van der Waals surface area contributed by atoms with Crippen molar-refractivity contribution in [3.05, 3.63) is 60.4 Å². The Labute approximate surface area is 149 Å². The molecule has 2 heterocycles. The van der Waals surface area contributed by atoms with Crippen molar-refractivity contribution in [3.8, 4) is 11.3 Å². The van der Waals surface area contributed by atoms with Gasteiger partial charge in [0, 0.05) is 36.1 Å². The van der Waals surface area contributed by atoms with E-state index in [1.54, 1.807) is 37.5 Å². The first-order valence-corrected chi connectivity index (χ1v) is 7.94. The van der Waals surface area contributed by atoms with Crippen molar-refractivity contribution in [3.63, 3.8) is 0 Å². The summed E-state index contributed by atoms with van der Waals surface area (Å²) in [5.74, 6) is -0.637. The predicted octanol–water partition coefficient (Wildman–Crippen LogP) is 3.35. The van der Waals surface area contributed by atoms with Gasteiger partial charge in [0.05, 0.1) is 18.0 Å². The number of hydrogen-bond acceptors (Lipinski definition) is 6. The maximum atomic E-state index is 13.9. The van der Waals surface area contributed by atoms with Crippen LogP contribution < -0.4 is 10.6 Å². The molecule has 6 nitrogen and oxygen atoms in total. The molecule has 0 spiro atoms. The van der Waals surface area contributed by atoms with E-state index in [-0.39, 0.29) is 30.1 Å². The second-order valence-electron chi connectivity index (χ2n) is 5.68. The molecule has 3 N–H and O–H groups in total. The smallest absolute Gasteiger partial charge is 0.225 e. The summed E-state index contributed by atoms with van der Waals surface area (Å²) in [5, 5.41) is 14.9. The summed E-state index contributed by atoms with van der Waals surface area (Å²) in [4.78, 5) is 12.6. The molecule has 0 unspecified atom stereocenters. The molecule has 3 rings (SSSR count). The number of rotatable bonds is 6. The van der Waals surface area contributed by atoms with E-state index in [4.69, 9.17) is 0 Å². The molecule has 0 radical (unpaired) electrons. The maximum Gasteiger partial charge on any atom is 0.225 e. The van der Waals surface area contributed by atoms with Gasteiger partial charge in [-0.25, -0.2) is 13.8 Å². The molecule has 0 fully saturated rings. The molecule has 0 aliphatic carbocycles. The fraction of sp³-hybridized carbons (Fsp3) is 0.167. The molecular formula is C18H17F2N5O. The Morgan fingerprint density at radius 3 is 2.58 bits per heavy atom. The van der Waals surface area contributed by atoms with Crippen LogP contribution in [0.25, 0.3) is 11.3 Å². The summed E-state index contributed by atoms with van der Waals surface area (Å²) in [7, 11) is 0. The minimum atomic E-state index is -0.603. The van der Waals surface area contributed by atoms with Crippen molar-refractivity contribution in [2.75, 3.05) is 17.2 Å². The van der Waals surface area contributed by atoms with E-state index in [1.807, 2.05) is 0 Å². The van der Waals surface area contributed by atoms with Crippen molar-refractivity contribution in [1.82, 2.24) is 15.0 Å². The van der Waals surface area contributed by atoms with Crippen LogP contribution in [-0.2, 0) is 0 Å². The number of aromatic nitrogens is 3. The van der Waals surface area contributed by atoms with E-state index in [0.717, 1.165) is 23.8 Å². The highest BCUT2D eigenvalue weighted by molar-refractivity contribution is 5.67. The summed E-state index contributed by atoms with van der Waals surface area (Å²) in [5.41, 5.74) is 1.31. The molecule has 26 heavy (non-hydrogen) atoms. The van der Waals surface area contributed by atoms with Gasteiger partial charge in [-0.3, -0.25) is 4.98 Å². The van der Waals surface area contributed by atoms with Crippen LogP contribution >= 0.6 is 0 Å². The number of aliphatic hydroxyl groups is 1. The number of anilines is 3. The number of aliphatic hydroxyl groups excluding tert-OH is 1. The molecule has 1 atom stereocenters. The fourth-order valence-electron chi connectivity index (χ4n) is 2.24. The lowest BCUT2D eigenvalue weighted by molar-refractivity contribution is 0.281. The summed E-state index contributed by atoms with van der Waals surface area (Å²) in [6, 6.07) is 8.01. The lowest BCUT2D eigenvalue weighted by Gasteiger charge is -2.14. The highest BCUT2D eigenvalue weighted by Crippen LogP contribution is 2.25. The van der Waals surface area contributed by atoms with Crippen LogP contribution in [0.15, 0.2) is 48.8 Å². The quantitative estimate of drug-likeness (QED) is 0.628. The lowest BCUT2D eigenvalue weighted by atomic mass is 10.2. The van der Waals surface area contributed by atoms with E-state index in [2.05, 4.69) is 25.6 Å². The van der Waals surface area contributed by atoms with Crippen LogP contribution in [0.3, 0.4) is 0 Å². The Morgan fingerprint density at radius 1 is 1.08 bits per heavy atom. The fourth-order valence-corrected chi connectivity index (χ4v) is 2.24. The first-order valence-electron chi connectivity index (χ1n) is 7.94. The Hall–Kier alpha value is -3.13. The highest BCUT2D eigenvalue weighted by Gasteiger charge is 2.11. The van der Waals surface area contributed by atoms with Gasteiger partial charge in [0.25, 0.3) is 0 Å².